The van der Waals surface area contributed by atoms with Crippen LogP contribution in [0.15, 0.2) is 48.8 Å². The van der Waals surface area contributed by atoms with Crippen LogP contribution in [0.5, 0.6) is 0 Å². The van der Waals surface area contributed by atoms with Crippen molar-refractivity contribution in [3.63, 3.8) is 0 Å². The number of benzene rings is 2. The number of imidazole rings is 2. The molecule has 3 fully saturated rings. The predicted octanol–water partition coefficient (Wildman–Crippen LogP) is 6.78. The minimum atomic E-state index is -0.699. The lowest BCUT2D eigenvalue weighted by atomic mass is 9.83. The maximum absolute atomic E-state index is 13.7. The van der Waals surface area contributed by atoms with Crippen molar-refractivity contribution in [2.45, 2.75) is 102 Å². The molecule has 4 aromatic rings. The van der Waals surface area contributed by atoms with Gasteiger partial charge in [-0.2, -0.15) is 0 Å². The summed E-state index contributed by atoms with van der Waals surface area (Å²) in [4.78, 5) is 73.8. The lowest BCUT2D eigenvalue weighted by Gasteiger charge is -2.30. The average molecular weight is 844 g/mol. The highest BCUT2D eigenvalue weighted by atomic mass is 16.5. The first kappa shape index (κ1) is 42.5. The summed E-state index contributed by atoms with van der Waals surface area (Å²) in [7, 11) is 4.80. The lowest BCUT2D eigenvalue weighted by molar-refractivity contribution is -0.136. The van der Waals surface area contributed by atoms with E-state index in [1.165, 1.54) is 30.9 Å². The Hall–Kier alpha value is -6.14. The second-order valence-corrected chi connectivity index (χ2v) is 17.5. The zero-order valence-electron chi connectivity index (χ0n) is 36.6. The van der Waals surface area contributed by atoms with Gasteiger partial charge in [-0.05, 0) is 97.2 Å². The quantitative estimate of drug-likeness (QED) is 0.125. The molecule has 4 N–H and O–H groups in total. The Morgan fingerprint density at radius 2 is 1.21 bits per heavy atom. The first-order valence-electron chi connectivity index (χ1n) is 21.8. The van der Waals surface area contributed by atoms with E-state index in [-0.39, 0.29) is 35.7 Å². The molecular weight excluding hydrogens is 787 g/mol. The second-order valence-electron chi connectivity index (χ2n) is 17.5. The first-order chi connectivity index (χ1) is 29.9. The van der Waals surface area contributed by atoms with Gasteiger partial charge in [0.15, 0.2) is 0 Å². The zero-order chi connectivity index (χ0) is 43.8. The minimum absolute atomic E-state index is 0.108. The number of H-pyrrole nitrogens is 2. The molecule has 15 heteroatoms. The molecule has 15 nitrogen and oxygen atoms in total. The van der Waals surface area contributed by atoms with Crippen molar-refractivity contribution in [3.05, 3.63) is 82.8 Å². The van der Waals surface area contributed by atoms with Crippen molar-refractivity contribution in [2.75, 3.05) is 34.4 Å². The summed E-state index contributed by atoms with van der Waals surface area (Å²) in [6.45, 7) is 8.80. The highest BCUT2D eigenvalue weighted by molar-refractivity contribution is 5.87. The van der Waals surface area contributed by atoms with Gasteiger partial charge in [0.2, 0.25) is 11.8 Å². The molecule has 0 aliphatic carbocycles. The number of carbonyl (C=O) groups is 4. The molecule has 6 heterocycles. The fourth-order valence-corrected chi connectivity index (χ4v) is 9.92. The Kier molecular flexibility index (Phi) is 12.1. The Morgan fingerprint density at radius 1 is 0.677 bits per heavy atom. The number of carbonyl (C=O) groups excluding carboxylic acids is 4. The fraction of sp³-hybridized carbons (Fsp3) is 0.489. The SMILES string of the molecule is COC(=O)N[C@H](C(=O)N1CCC[C@H]1c1ncc(C#Cc2ccc(-c3ccc(-c4cnc([C@@H]5CCCN5C(=O)[C@H](NC(=O)OC)C(C)C)[nH]4)cc3)c3c2C2CCC3N2C)[nH]1)C(C)C. The van der Waals surface area contributed by atoms with E-state index in [2.05, 4.69) is 85.8 Å². The van der Waals surface area contributed by atoms with Crippen LogP contribution < -0.4 is 10.6 Å². The number of aromatic nitrogens is 4. The van der Waals surface area contributed by atoms with Crippen molar-refractivity contribution in [3.8, 4) is 34.2 Å². The number of ether oxygens (including phenoxy) is 2. The molecular formula is C47H57N9O6. The molecule has 2 unspecified atom stereocenters. The van der Waals surface area contributed by atoms with Crippen LogP contribution in [0.2, 0.25) is 0 Å². The Bertz CT molecular complexity index is 2390. The van der Waals surface area contributed by atoms with Gasteiger partial charge in [-0.1, -0.05) is 63.9 Å². The van der Waals surface area contributed by atoms with Crippen molar-refractivity contribution < 1.29 is 28.7 Å². The van der Waals surface area contributed by atoms with E-state index in [1.807, 2.05) is 38.8 Å². The van der Waals surface area contributed by atoms with Crippen LogP contribution >= 0.6 is 0 Å². The third-order valence-electron chi connectivity index (χ3n) is 13.2. The molecule has 6 atom stereocenters. The van der Waals surface area contributed by atoms with Crippen molar-refractivity contribution in [1.82, 2.24) is 45.3 Å². The Morgan fingerprint density at radius 3 is 1.77 bits per heavy atom. The van der Waals surface area contributed by atoms with Gasteiger partial charge >= 0.3 is 12.2 Å². The number of methoxy groups -OCH3 is 2. The van der Waals surface area contributed by atoms with Crippen LogP contribution in [0.1, 0.15) is 124 Å². The summed E-state index contributed by atoms with van der Waals surface area (Å²) in [5.74, 6) is 7.75. The van der Waals surface area contributed by atoms with Gasteiger partial charge in [-0.25, -0.2) is 19.6 Å². The fourth-order valence-electron chi connectivity index (χ4n) is 9.92. The largest absolute Gasteiger partial charge is 0.453 e. The average Bonchev–Trinajstić information content (AvgIpc) is 4.14. The highest BCUT2D eigenvalue weighted by Gasteiger charge is 2.45. The van der Waals surface area contributed by atoms with E-state index in [1.54, 1.807) is 11.1 Å². The molecule has 4 aliphatic rings. The zero-order valence-corrected chi connectivity index (χ0v) is 36.6. The van der Waals surface area contributed by atoms with Crippen LogP contribution in [0.3, 0.4) is 0 Å². The lowest BCUT2D eigenvalue weighted by Crippen LogP contribution is -2.51. The third kappa shape index (κ3) is 8.03. The van der Waals surface area contributed by atoms with Gasteiger partial charge < -0.3 is 39.9 Å². The van der Waals surface area contributed by atoms with Crippen molar-refractivity contribution in [2.24, 2.45) is 11.8 Å². The third-order valence-corrected chi connectivity index (χ3v) is 13.2. The first-order valence-corrected chi connectivity index (χ1v) is 21.8. The number of hydrogen-bond acceptors (Lipinski definition) is 9. The van der Waals surface area contributed by atoms with E-state index in [0.29, 0.717) is 36.7 Å². The summed E-state index contributed by atoms with van der Waals surface area (Å²) in [5.41, 5.74) is 8.52. The highest BCUT2D eigenvalue weighted by Crippen LogP contribution is 2.55. The van der Waals surface area contributed by atoms with Gasteiger partial charge in [-0.15, -0.1) is 0 Å². The number of hydrogen-bond donors (Lipinski definition) is 4. The standard InChI is InChI=1S/C47H57N9O6/c1-26(2)40(52-46(59)61-6)44(57)55-22-8-10-36(55)42-48-24-31(50-42)18-16-30-17-19-32(39-35-21-20-34(38(30)39)54(35)5)28-12-14-29(15-13-28)33-25-49-43(51-33)37-11-9-23-56(37)45(58)41(27(3)4)53-47(60)62-7/h12-15,17,19,24-27,34-37,40-41H,8-11,20-23H2,1-7H3,(H,48,50)(H,49,51)(H,52,59)(H,53,60)/t34?,35?,36-,37-,40-,41+/m0/s1. The van der Waals surface area contributed by atoms with Crippen LogP contribution in [-0.4, -0.2) is 105 Å². The summed E-state index contributed by atoms with van der Waals surface area (Å²) >= 11 is 0. The molecule has 3 saturated heterocycles. The van der Waals surface area contributed by atoms with Gasteiger partial charge in [0.05, 0.1) is 44.4 Å². The molecule has 2 bridgehead atoms. The maximum atomic E-state index is 13.7. The minimum Gasteiger partial charge on any atom is -0.453 e. The monoisotopic (exact) mass is 843 g/mol. The second kappa shape index (κ2) is 17.7. The maximum Gasteiger partial charge on any atom is 0.407 e. The molecule has 62 heavy (non-hydrogen) atoms. The number of nitrogens with zero attached hydrogens (tertiary/aromatic N) is 5. The van der Waals surface area contributed by atoms with Crippen LogP contribution in [0.25, 0.3) is 22.4 Å². The van der Waals surface area contributed by atoms with Crippen molar-refractivity contribution >= 4 is 24.0 Å². The molecule has 4 amide bonds. The number of nitrogens with one attached hydrogen (secondary N) is 4. The molecule has 0 radical (unpaired) electrons. The van der Waals surface area contributed by atoms with E-state index in [9.17, 15) is 19.2 Å². The number of aromatic amines is 2. The van der Waals surface area contributed by atoms with Gasteiger partial charge in [0, 0.05) is 30.7 Å². The predicted molar refractivity (Wildman–Crippen MR) is 232 cm³/mol. The Labute approximate surface area is 362 Å². The summed E-state index contributed by atoms with van der Waals surface area (Å²) < 4.78 is 9.57. The number of likely N-dealkylation sites (tertiary alicyclic amines) is 2. The normalized spacial score (nSPS) is 21.4. The van der Waals surface area contributed by atoms with Gasteiger partial charge in [0.1, 0.15) is 29.4 Å². The molecule has 2 aromatic heterocycles. The van der Waals surface area contributed by atoms with Crippen molar-refractivity contribution in [1.29, 1.82) is 0 Å². The number of rotatable bonds is 10. The number of fused-ring (bicyclic) bond motifs is 5. The van der Waals surface area contributed by atoms with E-state index in [0.717, 1.165) is 66.7 Å². The number of alkyl carbamates (subject to hydrolysis) is 2. The van der Waals surface area contributed by atoms with Gasteiger partial charge in [-0.3, -0.25) is 14.5 Å². The van der Waals surface area contributed by atoms with Crippen LogP contribution in [-0.2, 0) is 19.1 Å². The van der Waals surface area contributed by atoms with Crippen LogP contribution in [0.4, 0.5) is 9.59 Å². The van der Waals surface area contributed by atoms with Gasteiger partial charge in [0.25, 0.3) is 0 Å². The smallest absolute Gasteiger partial charge is 0.407 e. The number of amides is 4. The summed E-state index contributed by atoms with van der Waals surface area (Å²) in [5, 5.41) is 5.42. The molecule has 326 valence electrons. The van der Waals surface area contributed by atoms with E-state index >= 15 is 0 Å². The summed E-state index contributed by atoms with van der Waals surface area (Å²) in [6, 6.07) is 11.7. The molecule has 2 aromatic carbocycles. The van der Waals surface area contributed by atoms with E-state index in [4.69, 9.17) is 14.5 Å². The van der Waals surface area contributed by atoms with E-state index < -0.39 is 24.3 Å². The topological polar surface area (TPSA) is 178 Å². The molecule has 8 rings (SSSR count). The summed E-state index contributed by atoms with van der Waals surface area (Å²) in [6.07, 6.45) is 7.73. The molecule has 0 saturated carbocycles. The van der Waals surface area contributed by atoms with Crippen LogP contribution in [0, 0.1) is 23.7 Å². The molecule has 4 aliphatic heterocycles. The Balaban J connectivity index is 0.999. The molecule has 0 spiro atoms.